The number of carbonyl (C=O) groups is 1. The lowest BCUT2D eigenvalue weighted by atomic mass is 10.0. The number of urea groups is 1. The molecule has 0 aliphatic carbocycles. The smallest absolute Gasteiger partial charge is 0.321 e. The average Bonchev–Trinajstić information content (AvgIpc) is 2.64. The maximum absolute atomic E-state index is 13.0. The zero-order chi connectivity index (χ0) is 18.5. The van der Waals surface area contributed by atoms with Crippen LogP contribution in [-0.4, -0.2) is 42.0 Å². The number of amides is 2. The molecule has 0 spiro atoms. The van der Waals surface area contributed by atoms with Crippen molar-refractivity contribution in [3.8, 4) is 0 Å². The van der Waals surface area contributed by atoms with E-state index < -0.39 is 0 Å². The molecule has 1 aliphatic heterocycles. The standard InChI is InChI=1S/C21H26FN3O/c1-16(2)19-5-3-4-6-20(19)23-21(26)25-13-11-24(12-14-25)15-17-7-9-18(22)10-8-17/h3-10,16H,11-15H2,1-2H3,(H,23,26). The molecular weight excluding hydrogens is 329 g/mol. The lowest BCUT2D eigenvalue weighted by Gasteiger charge is -2.35. The number of piperazine rings is 1. The first-order chi connectivity index (χ1) is 12.5. The molecule has 1 fully saturated rings. The van der Waals surface area contributed by atoms with Gasteiger partial charge < -0.3 is 10.2 Å². The summed E-state index contributed by atoms with van der Waals surface area (Å²) in [7, 11) is 0. The van der Waals surface area contributed by atoms with E-state index in [1.807, 2.05) is 35.2 Å². The molecule has 1 heterocycles. The summed E-state index contributed by atoms with van der Waals surface area (Å²) in [5, 5.41) is 3.06. The summed E-state index contributed by atoms with van der Waals surface area (Å²) in [4.78, 5) is 16.7. The Morgan fingerprint density at radius 1 is 1.04 bits per heavy atom. The minimum Gasteiger partial charge on any atom is -0.322 e. The molecule has 138 valence electrons. The number of halogens is 1. The number of para-hydroxylation sites is 1. The molecule has 5 heteroatoms. The van der Waals surface area contributed by atoms with Crippen molar-refractivity contribution >= 4 is 11.7 Å². The van der Waals surface area contributed by atoms with E-state index in [4.69, 9.17) is 0 Å². The van der Waals surface area contributed by atoms with Gasteiger partial charge in [-0.05, 0) is 35.2 Å². The van der Waals surface area contributed by atoms with E-state index in [1.165, 1.54) is 12.1 Å². The summed E-state index contributed by atoms with van der Waals surface area (Å²) in [6, 6.07) is 14.5. The molecule has 0 aromatic heterocycles. The average molecular weight is 355 g/mol. The second kappa shape index (κ2) is 8.32. The van der Waals surface area contributed by atoms with Crippen molar-refractivity contribution in [2.75, 3.05) is 31.5 Å². The first-order valence-electron chi connectivity index (χ1n) is 9.14. The third-order valence-corrected chi connectivity index (χ3v) is 4.80. The maximum Gasteiger partial charge on any atom is 0.321 e. The second-order valence-corrected chi connectivity index (χ2v) is 7.06. The van der Waals surface area contributed by atoms with E-state index in [9.17, 15) is 9.18 Å². The molecule has 0 unspecified atom stereocenters. The van der Waals surface area contributed by atoms with Crippen molar-refractivity contribution in [1.82, 2.24) is 9.80 Å². The second-order valence-electron chi connectivity index (χ2n) is 7.06. The highest BCUT2D eigenvalue weighted by molar-refractivity contribution is 5.90. The van der Waals surface area contributed by atoms with E-state index in [1.54, 1.807) is 0 Å². The lowest BCUT2D eigenvalue weighted by molar-refractivity contribution is 0.143. The summed E-state index contributed by atoms with van der Waals surface area (Å²) in [5.41, 5.74) is 3.13. The lowest BCUT2D eigenvalue weighted by Crippen LogP contribution is -2.49. The monoisotopic (exact) mass is 355 g/mol. The zero-order valence-electron chi connectivity index (χ0n) is 15.4. The van der Waals surface area contributed by atoms with Crippen molar-refractivity contribution in [2.45, 2.75) is 26.3 Å². The van der Waals surface area contributed by atoms with Crippen LogP contribution in [0.3, 0.4) is 0 Å². The van der Waals surface area contributed by atoms with Gasteiger partial charge in [0.05, 0.1) is 0 Å². The first-order valence-corrected chi connectivity index (χ1v) is 9.14. The molecule has 0 atom stereocenters. The van der Waals surface area contributed by atoms with Gasteiger partial charge in [-0.15, -0.1) is 0 Å². The molecule has 3 rings (SSSR count). The molecule has 2 aromatic rings. The Morgan fingerprint density at radius 3 is 2.35 bits per heavy atom. The van der Waals surface area contributed by atoms with Crippen LogP contribution in [0.4, 0.5) is 14.9 Å². The molecule has 1 saturated heterocycles. The number of nitrogens with zero attached hydrogens (tertiary/aromatic N) is 2. The Kier molecular flexibility index (Phi) is 5.89. The van der Waals surface area contributed by atoms with E-state index >= 15 is 0 Å². The van der Waals surface area contributed by atoms with E-state index in [2.05, 4.69) is 30.1 Å². The number of rotatable bonds is 4. The number of hydrogen-bond donors (Lipinski definition) is 1. The van der Waals surface area contributed by atoms with E-state index in [0.29, 0.717) is 19.0 Å². The van der Waals surface area contributed by atoms with Crippen LogP contribution >= 0.6 is 0 Å². The molecule has 1 aliphatic rings. The minimum atomic E-state index is -0.211. The highest BCUT2D eigenvalue weighted by Crippen LogP contribution is 2.24. The molecule has 2 amide bonds. The predicted octanol–water partition coefficient (Wildman–Crippen LogP) is 4.30. The molecule has 0 radical (unpaired) electrons. The van der Waals surface area contributed by atoms with Crippen LogP contribution < -0.4 is 5.32 Å². The molecule has 0 saturated carbocycles. The van der Waals surface area contributed by atoms with Gasteiger partial charge in [-0.1, -0.05) is 44.2 Å². The van der Waals surface area contributed by atoms with Crippen molar-refractivity contribution in [3.05, 3.63) is 65.5 Å². The van der Waals surface area contributed by atoms with Crippen LogP contribution in [0.2, 0.25) is 0 Å². The Morgan fingerprint density at radius 2 is 1.69 bits per heavy atom. The molecule has 1 N–H and O–H groups in total. The van der Waals surface area contributed by atoms with Gasteiger partial charge in [0.15, 0.2) is 0 Å². The van der Waals surface area contributed by atoms with Gasteiger partial charge in [-0.2, -0.15) is 0 Å². The number of carbonyl (C=O) groups excluding carboxylic acids is 1. The van der Waals surface area contributed by atoms with E-state index in [-0.39, 0.29) is 11.8 Å². The number of anilines is 1. The Labute approximate surface area is 154 Å². The predicted molar refractivity (Wildman–Crippen MR) is 103 cm³/mol. The van der Waals surface area contributed by atoms with Crippen molar-refractivity contribution in [2.24, 2.45) is 0 Å². The fourth-order valence-electron chi connectivity index (χ4n) is 3.27. The topological polar surface area (TPSA) is 35.6 Å². The SMILES string of the molecule is CC(C)c1ccccc1NC(=O)N1CCN(Cc2ccc(F)cc2)CC1. The molecule has 0 bridgehead atoms. The minimum absolute atomic E-state index is 0.0421. The zero-order valence-corrected chi connectivity index (χ0v) is 15.4. The first kappa shape index (κ1) is 18.4. The van der Waals surface area contributed by atoms with Crippen LogP contribution in [0.5, 0.6) is 0 Å². The summed E-state index contributed by atoms with van der Waals surface area (Å²) in [6.45, 7) is 8.05. The van der Waals surface area contributed by atoms with Gasteiger partial charge in [0, 0.05) is 38.4 Å². The van der Waals surface area contributed by atoms with Gasteiger partial charge >= 0.3 is 6.03 Å². The number of benzene rings is 2. The summed E-state index contributed by atoms with van der Waals surface area (Å²) < 4.78 is 13.0. The number of hydrogen-bond acceptors (Lipinski definition) is 2. The van der Waals surface area contributed by atoms with E-state index in [0.717, 1.165) is 36.4 Å². The van der Waals surface area contributed by atoms with Gasteiger partial charge in [0.1, 0.15) is 5.82 Å². The highest BCUT2D eigenvalue weighted by atomic mass is 19.1. The van der Waals surface area contributed by atoms with Gasteiger partial charge in [-0.25, -0.2) is 9.18 Å². The molecule has 4 nitrogen and oxygen atoms in total. The Hall–Kier alpha value is -2.40. The van der Waals surface area contributed by atoms with Crippen LogP contribution in [-0.2, 0) is 6.54 Å². The molecule has 2 aromatic carbocycles. The van der Waals surface area contributed by atoms with Crippen LogP contribution in [0.15, 0.2) is 48.5 Å². The fraction of sp³-hybridized carbons (Fsp3) is 0.381. The molecule has 26 heavy (non-hydrogen) atoms. The Balaban J connectivity index is 1.53. The summed E-state index contributed by atoms with van der Waals surface area (Å²) >= 11 is 0. The van der Waals surface area contributed by atoms with Gasteiger partial charge in [0.2, 0.25) is 0 Å². The Bertz CT molecular complexity index is 737. The van der Waals surface area contributed by atoms with Crippen LogP contribution in [0.1, 0.15) is 30.9 Å². The van der Waals surface area contributed by atoms with Crippen molar-refractivity contribution < 1.29 is 9.18 Å². The highest BCUT2D eigenvalue weighted by Gasteiger charge is 2.22. The quantitative estimate of drug-likeness (QED) is 0.888. The van der Waals surface area contributed by atoms with Crippen LogP contribution in [0.25, 0.3) is 0 Å². The largest absolute Gasteiger partial charge is 0.322 e. The van der Waals surface area contributed by atoms with Crippen molar-refractivity contribution in [1.29, 1.82) is 0 Å². The van der Waals surface area contributed by atoms with Gasteiger partial charge in [0.25, 0.3) is 0 Å². The number of nitrogens with one attached hydrogen (secondary N) is 1. The third-order valence-electron chi connectivity index (χ3n) is 4.80. The third kappa shape index (κ3) is 4.61. The van der Waals surface area contributed by atoms with Crippen molar-refractivity contribution in [3.63, 3.8) is 0 Å². The van der Waals surface area contributed by atoms with Gasteiger partial charge in [-0.3, -0.25) is 4.90 Å². The molecular formula is C21H26FN3O. The normalized spacial score (nSPS) is 15.3. The summed E-state index contributed by atoms with van der Waals surface area (Å²) in [6.07, 6.45) is 0. The van der Waals surface area contributed by atoms with Crippen LogP contribution in [0, 0.1) is 5.82 Å². The summed E-state index contributed by atoms with van der Waals surface area (Å²) in [5.74, 6) is 0.149. The fourth-order valence-corrected chi connectivity index (χ4v) is 3.27. The maximum atomic E-state index is 13.0.